The Morgan fingerprint density at radius 1 is 0.867 bits per heavy atom. The summed E-state index contributed by atoms with van der Waals surface area (Å²) in [6.07, 6.45) is -4.47. The lowest BCUT2D eigenvalue weighted by Crippen LogP contribution is -2.23. The third-order valence-electron chi connectivity index (χ3n) is 4.19. The summed E-state index contributed by atoms with van der Waals surface area (Å²) in [4.78, 5) is 12.3. The highest BCUT2D eigenvalue weighted by molar-refractivity contribution is 7.89. The van der Waals surface area contributed by atoms with Gasteiger partial charge in [-0.2, -0.15) is 13.2 Å². The van der Waals surface area contributed by atoms with Crippen LogP contribution >= 0.6 is 0 Å². The highest BCUT2D eigenvalue weighted by atomic mass is 32.2. The zero-order valence-corrected chi connectivity index (χ0v) is 16.3. The molecule has 0 bridgehead atoms. The van der Waals surface area contributed by atoms with Crippen LogP contribution in [0.25, 0.3) is 0 Å². The topological polar surface area (TPSA) is 75.3 Å². The number of alkyl halides is 3. The predicted molar refractivity (Wildman–Crippen MR) is 106 cm³/mol. The van der Waals surface area contributed by atoms with Gasteiger partial charge in [0.15, 0.2) is 0 Å². The molecule has 2 N–H and O–H groups in total. The maximum atomic E-state index is 12.6. The lowest BCUT2D eigenvalue weighted by atomic mass is 10.2. The Morgan fingerprint density at radius 3 is 2.17 bits per heavy atom. The Labute approximate surface area is 171 Å². The minimum atomic E-state index is -4.47. The fraction of sp³-hybridized carbons (Fsp3) is 0.0952. The molecule has 5 nitrogen and oxygen atoms in total. The van der Waals surface area contributed by atoms with Gasteiger partial charge in [0.1, 0.15) is 0 Å². The molecule has 1 amide bonds. The van der Waals surface area contributed by atoms with Crippen molar-refractivity contribution in [2.45, 2.75) is 17.6 Å². The summed E-state index contributed by atoms with van der Waals surface area (Å²) in [5.74, 6) is -0.644. The Bertz CT molecular complexity index is 1130. The number of carbonyl (C=O) groups excluding carboxylic acids is 1. The molecule has 30 heavy (non-hydrogen) atoms. The molecule has 3 rings (SSSR count). The number of carbonyl (C=O) groups is 1. The van der Waals surface area contributed by atoms with Gasteiger partial charge < -0.3 is 5.32 Å². The Balaban J connectivity index is 1.71. The summed E-state index contributed by atoms with van der Waals surface area (Å²) in [6.45, 7) is 0.0884. The molecule has 3 aromatic rings. The zero-order valence-electron chi connectivity index (χ0n) is 15.5. The molecule has 0 fully saturated rings. The number of sulfonamides is 1. The average Bonchev–Trinajstić information content (AvgIpc) is 2.73. The van der Waals surface area contributed by atoms with Crippen LogP contribution in [-0.2, 0) is 22.7 Å². The van der Waals surface area contributed by atoms with Crippen molar-refractivity contribution in [1.82, 2.24) is 4.72 Å². The predicted octanol–water partition coefficient (Wildman–Crippen LogP) is 4.44. The van der Waals surface area contributed by atoms with Crippen LogP contribution in [0.2, 0.25) is 0 Å². The highest BCUT2D eigenvalue weighted by Crippen LogP contribution is 2.29. The summed E-state index contributed by atoms with van der Waals surface area (Å²) in [6, 6.07) is 18.3. The van der Waals surface area contributed by atoms with Crippen LogP contribution in [0.3, 0.4) is 0 Å². The van der Waals surface area contributed by atoms with E-state index >= 15 is 0 Å². The molecule has 0 aliphatic rings. The first-order valence-electron chi connectivity index (χ1n) is 8.77. The van der Waals surface area contributed by atoms with Crippen LogP contribution in [0.15, 0.2) is 83.8 Å². The van der Waals surface area contributed by atoms with Gasteiger partial charge in [-0.3, -0.25) is 4.79 Å². The van der Waals surface area contributed by atoms with E-state index in [1.54, 1.807) is 24.3 Å². The summed E-state index contributed by atoms with van der Waals surface area (Å²) in [5, 5.41) is 2.45. The number of hydrogen-bond donors (Lipinski definition) is 2. The lowest BCUT2D eigenvalue weighted by molar-refractivity contribution is -0.137. The lowest BCUT2D eigenvalue weighted by Gasteiger charge is -2.10. The van der Waals surface area contributed by atoms with Gasteiger partial charge in [-0.25, -0.2) is 13.1 Å². The van der Waals surface area contributed by atoms with Crippen molar-refractivity contribution in [1.29, 1.82) is 0 Å². The van der Waals surface area contributed by atoms with E-state index in [0.717, 1.165) is 29.8 Å². The smallest absolute Gasteiger partial charge is 0.322 e. The molecular weight excluding hydrogens is 417 g/mol. The quantitative estimate of drug-likeness (QED) is 0.603. The second kappa shape index (κ2) is 8.68. The number of anilines is 1. The molecule has 0 aromatic heterocycles. The molecule has 3 aromatic carbocycles. The number of benzene rings is 3. The summed E-state index contributed by atoms with van der Waals surface area (Å²) < 4.78 is 65.4. The Morgan fingerprint density at radius 2 is 1.53 bits per heavy atom. The maximum absolute atomic E-state index is 12.6. The third kappa shape index (κ3) is 5.46. The molecule has 0 saturated heterocycles. The van der Waals surface area contributed by atoms with Crippen LogP contribution in [0.1, 0.15) is 21.5 Å². The van der Waals surface area contributed by atoms with Crippen LogP contribution in [-0.4, -0.2) is 14.3 Å². The molecule has 156 valence electrons. The monoisotopic (exact) mass is 434 g/mol. The average molecular weight is 434 g/mol. The zero-order chi connectivity index (χ0) is 21.8. The van der Waals surface area contributed by atoms with Gasteiger partial charge in [0.05, 0.1) is 10.5 Å². The number of hydrogen-bond acceptors (Lipinski definition) is 3. The summed E-state index contributed by atoms with van der Waals surface area (Å²) in [7, 11) is -3.86. The molecule has 9 heteroatoms. The first-order valence-corrected chi connectivity index (χ1v) is 10.3. The number of rotatable bonds is 6. The fourth-order valence-electron chi connectivity index (χ4n) is 2.61. The SMILES string of the molecule is O=C(Nc1ccc(C(F)(F)F)cc1)c1cccc(S(=O)(=O)NCc2ccccc2)c1. The van der Waals surface area contributed by atoms with Crippen molar-refractivity contribution in [2.24, 2.45) is 0 Å². The molecule has 0 atom stereocenters. The normalized spacial score (nSPS) is 11.8. The van der Waals surface area contributed by atoms with Gasteiger partial charge in [-0.05, 0) is 48.0 Å². The summed E-state index contributed by atoms with van der Waals surface area (Å²) >= 11 is 0. The largest absolute Gasteiger partial charge is 0.416 e. The maximum Gasteiger partial charge on any atom is 0.416 e. The van der Waals surface area contributed by atoms with Crippen molar-refractivity contribution < 1.29 is 26.4 Å². The van der Waals surface area contributed by atoms with Gasteiger partial charge in [0.25, 0.3) is 5.91 Å². The molecule has 0 aliphatic carbocycles. The van der Waals surface area contributed by atoms with Crippen LogP contribution in [0.5, 0.6) is 0 Å². The minimum absolute atomic E-state index is 0.0532. The van der Waals surface area contributed by atoms with E-state index in [4.69, 9.17) is 0 Å². The van der Waals surface area contributed by atoms with Crippen molar-refractivity contribution in [3.05, 3.63) is 95.6 Å². The van der Waals surface area contributed by atoms with Crippen LogP contribution < -0.4 is 10.0 Å². The first kappa shape index (κ1) is 21.5. The fourth-order valence-corrected chi connectivity index (χ4v) is 3.67. The van der Waals surface area contributed by atoms with E-state index in [2.05, 4.69) is 10.0 Å². The molecule has 0 heterocycles. The van der Waals surface area contributed by atoms with E-state index in [1.807, 2.05) is 6.07 Å². The van der Waals surface area contributed by atoms with Crippen molar-refractivity contribution in [3.63, 3.8) is 0 Å². The van der Waals surface area contributed by atoms with E-state index in [0.29, 0.717) is 0 Å². The van der Waals surface area contributed by atoms with Crippen molar-refractivity contribution in [2.75, 3.05) is 5.32 Å². The Kier molecular flexibility index (Phi) is 6.23. The van der Waals surface area contributed by atoms with E-state index < -0.39 is 27.7 Å². The minimum Gasteiger partial charge on any atom is -0.322 e. The molecule has 0 aliphatic heterocycles. The van der Waals surface area contributed by atoms with Gasteiger partial charge in [0, 0.05) is 17.8 Å². The molecule has 0 unspecified atom stereocenters. The second-order valence-electron chi connectivity index (χ2n) is 6.37. The number of halogens is 3. The molecular formula is C21H17F3N2O3S. The third-order valence-corrected chi connectivity index (χ3v) is 5.58. The second-order valence-corrected chi connectivity index (χ2v) is 8.13. The standard InChI is InChI=1S/C21H17F3N2O3S/c22-21(23,24)17-9-11-18(12-10-17)26-20(27)16-7-4-8-19(13-16)30(28,29)25-14-15-5-2-1-3-6-15/h1-13,25H,14H2,(H,26,27). The van der Waals surface area contributed by atoms with E-state index in [9.17, 15) is 26.4 Å². The molecule has 0 saturated carbocycles. The van der Waals surface area contributed by atoms with Gasteiger partial charge in [0.2, 0.25) is 10.0 Å². The number of nitrogens with one attached hydrogen (secondary N) is 2. The van der Waals surface area contributed by atoms with E-state index in [-0.39, 0.29) is 22.7 Å². The Hall–Kier alpha value is -3.17. The van der Waals surface area contributed by atoms with Crippen molar-refractivity contribution in [3.8, 4) is 0 Å². The van der Waals surface area contributed by atoms with Crippen molar-refractivity contribution >= 4 is 21.6 Å². The van der Waals surface area contributed by atoms with E-state index in [1.165, 1.54) is 24.3 Å². The van der Waals surface area contributed by atoms with Gasteiger partial charge in [-0.1, -0.05) is 36.4 Å². The molecule has 0 spiro atoms. The first-order chi connectivity index (χ1) is 14.1. The van der Waals surface area contributed by atoms with Crippen LogP contribution in [0, 0.1) is 0 Å². The molecule has 0 radical (unpaired) electrons. The van der Waals surface area contributed by atoms with Crippen LogP contribution in [0.4, 0.5) is 18.9 Å². The van der Waals surface area contributed by atoms with Gasteiger partial charge >= 0.3 is 6.18 Å². The highest BCUT2D eigenvalue weighted by Gasteiger charge is 2.30. The van der Waals surface area contributed by atoms with Gasteiger partial charge in [-0.15, -0.1) is 0 Å². The summed E-state index contributed by atoms with van der Waals surface area (Å²) in [5.41, 5.74) is 0.149. The number of amides is 1.